The van der Waals surface area contributed by atoms with Crippen LogP contribution >= 0.6 is 0 Å². The van der Waals surface area contributed by atoms with Crippen molar-refractivity contribution >= 4 is 0 Å². The van der Waals surface area contributed by atoms with E-state index in [4.69, 9.17) is 9.97 Å². The zero-order valence-corrected chi connectivity index (χ0v) is 23.9. The van der Waals surface area contributed by atoms with Crippen LogP contribution in [0.3, 0.4) is 0 Å². The molecule has 1 aromatic rings. The summed E-state index contributed by atoms with van der Waals surface area (Å²) in [5.74, 6) is 1.13. The van der Waals surface area contributed by atoms with Crippen LogP contribution in [0.1, 0.15) is 179 Å². The molecule has 0 aromatic carbocycles. The Morgan fingerprint density at radius 3 is 1.12 bits per heavy atom. The molecule has 0 spiro atoms. The number of rotatable bonds is 24. The number of hydrogen-bond acceptors (Lipinski definition) is 2. The van der Waals surface area contributed by atoms with Gasteiger partial charge in [0.1, 0.15) is 5.82 Å². The summed E-state index contributed by atoms with van der Waals surface area (Å²) < 4.78 is 0. The van der Waals surface area contributed by atoms with Gasteiger partial charge in [-0.1, -0.05) is 130 Å². The third-order valence-corrected chi connectivity index (χ3v) is 7.29. The lowest BCUT2D eigenvalue weighted by atomic mass is 9.96. The van der Waals surface area contributed by atoms with Crippen molar-refractivity contribution in [3.63, 3.8) is 0 Å². The molecule has 1 heterocycles. The Morgan fingerprint density at radius 1 is 0.353 bits per heavy atom. The number of nitrogens with zero attached hydrogens (tertiary/aromatic N) is 2. The molecule has 1 aromatic heterocycles. The van der Waals surface area contributed by atoms with Crippen LogP contribution in [0.2, 0.25) is 0 Å². The summed E-state index contributed by atoms with van der Waals surface area (Å²) in [6.07, 6.45) is 31.6. The summed E-state index contributed by atoms with van der Waals surface area (Å²) >= 11 is 0. The van der Waals surface area contributed by atoms with E-state index in [1.165, 1.54) is 159 Å². The monoisotopic (exact) mass is 472 g/mol. The summed E-state index contributed by atoms with van der Waals surface area (Å²) in [6.45, 7) is 9.19. The molecule has 198 valence electrons. The first-order valence-corrected chi connectivity index (χ1v) is 15.6. The zero-order valence-electron chi connectivity index (χ0n) is 23.9. The van der Waals surface area contributed by atoms with E-state index < -0.39 is 0 Å². The standard InChI is InChI=1S/C32H60N2/c1-5-9-13-16-19-22-25-29-30(26-23-20-17-14-10-6-2)33-32(28-12-8-4)34-31(29)27-24-21-18-15-11-7-3/h5-28H2,1-4H3. The fourth-order valence-electron chi connectivity index (χ4n) is 5.01. The zero-order chi connectivity index (χ0) is 24.7. The van der Waals surface area contributed by atoms with E-state index in [0.29, 0.717) is 0 Å². The first-order valence-electron chi connectivity index (χ1n) is 15.6. The van der Waals surface area contributed by atoms with Gasteiger partial charge in [-0.05, 0) is 50.5 Å². The molecular weight excluding hydrogens is 412 g/mol. The first-order chi connectivity index (χ1) is 16.8. The molecule has 0 saturated carbocycles. The van der Waals surface area contributed by atoms with Gasteiger partial charge in [0, 0.05) is 17.8 Å². The third-order valence-electron chi connectivity index (χ3n) is 7.29. The number of unbranched alkanes of at least 4 members (excludes halogenated alkanes) is 16. The highest BCUT2D eigenvalue weighted by molar-refractivity contribution is 5.27. The van der Waals surface area contributed by atoms with Crippen molar-refractivity contribution in [3.8, 4) is 0 Å². The third kappa shape index (κ3) is 15.2. The normalized spacial score (nSPS) is 11.4. The van der Waals surface area contributed by atoms with Gasteiger partial charge >= 0.3 is 0 Å². The van der Waals surface area contributed by atoms with Crippen molar-refractivity contribution in [2.24, 2.45) is 0 Å². The van der Waals surface area contributed by atoms with Gasteiger partial charge in [0.2, 0.25) is 0 Å². The molecule has 0 atom stereocenters. The maximum atomic E-state index is 5.19. The van der Waals surface area contributed by atoms with Crippen LogP contribution in [0, 0.1) is 0 Å². The maximum Gasteiger partial charge on any atom is 0.128 e. The topological polar surface area (TPSA) is 25.8 Å². The van der Waals surface area contributed by atoms with Crippen molar-refractivity contribution in [3.05, 3.63) is 22.8 Å². The average molecular weight is 473 g/mol. The van der Waals surface area contributed by atoms with Crippen molar-refractivity contribution in [1.29, 1.82) is 0 Å². The Kier molecular flexibility index (Phi) is 20.6. The lowest BCUT2D eigenvalue weighted by Gasteiger charge is -2.16. The summed E-state index contributed by atoms with van der Waals surface area (Å²) in [7, 11) is 0. The predicted molar refractivity (Wildman–Crippen MR) is 152 cm³/mol. The van der Waals surface area contributed by atoms with Crippen LogP contribution in [-0.4, -0.2) is 9.97 Å². The quantitative estimate of drug-likeness (QED) is 0.140. The number of aromatic nitrogens is 2. The lowest BCUT2D eigenvalue weighted by molar-refractivity contribution is 0.582. The van der Waals surface area contributed by atoms with Crippen LogP contribution < -0.4 is 0 Å². The molecule has 2 heteroatoms. The Labute approximate surface area is 214 Å². The van der Waals surface area contributed by atoms with Crippen molar-refractivity contribution in [2.45, 2.75) is 182 Å². The van der Waals surface area contributed by atoms with Gasteiger partial charge in [-0.2, -0.15) is 0 Å². The highest BCUT2D eigenvalue weighted by Crippen LogP contribution is 2.22. The summed E-state index contributed by atoms with van der Waals surface area (Å²) in [6, 6.07) is 0. The van der Waals surface area contributed by atoms with Crippen LogP contribution in [0.5, 0.6) is 0 Å². The Bertz CT molecular complexity index is 543. The van der Waals surface area contributed by atoms with Gasteiger partial charge in [0.25, 0.3) is 0 Å². The minimum atomic E-state index is 1.06. The molecule has 0 aliphatic heterocycles. The van der Waals surface area contributed by atoms with E-state index in [0.717, 1.165) is 12.2 Å². The summed E-state index contributed by atoms with van der Waals surface area (Å²) in [4.78, 5) is 10.4. The fourth-order valence-corrected chi connectivity index (χ4v) is 5.01. The van der Waals surface area contributed by atoms with E-state index in [-0.39, 0.29) is 0 Å². The van der Waals surface area contributed by atoms with Crippen molar-refractivity contribution < 1.29 is 0 Å². The largest absolute Gasteiger partial charge is 0.238 e. The summed E-state index contributed by atoms with van der Waals surface area (Å²) in [5, 5.41) is 0. The van der Waals surface area contributed by atoms with Gasteiger partial charge in [0.05, 0.1) is 0 Å². The van der Waals surface area contributed by atoms with Crippen LogP contribution in [0.25, 0.3) is 0 Å². The van der Waals surface area contributed by atoms with Crippen LogP contribution in [0.15, 0.2) is 0 Å². The Balaban J connectivity index is 2.85. The van der Waals surface area contributed by atoms with Gasteiger partial charge in [-0.15, -0.1) is 0 Å². The minimum absolute atomic E-state index is 1.06. The molecule has 0 amide bonds. The van der Waals surface area contributed by atoms with E-state index in [2.05, 4.69) is 27.7 Å². The Hall–Kier alpha value is -0.920. The van der Waals surface area contributed by atoms with Crippen LogP contribution in [-0.2, 0) is 25.7 Å². The molecule has 1 rings (SSSR count). The van der Waals surface area contributed by atoms with Crippen molar-refractivity contribution in [1.82, 2.24) is 9.97 Å². The predicted octanol–water partition coefficient (Wildman–Crippen LogP) is 10.5. The number of aryl methyl sites for hydroxylation is 3. The average Bonchev–Trinajstić information content (AvgIpc) is 2.85. The molecule has 34 heavy (non-hydrogen) atoms. The smallest absolute Gasteiger partial charge is 0.128 e. The summed E-state index contributed by atoms with van der Waals surface area (Å²) in [5.41, 5.74) is 4.40. The fraction of sp³-hybridized carbons (Fsp3) is 0.875. The first kappa shape index (κ1) is 31.1. The SMILES string of the molecule is CCCCCCCCc1nc(CCCC)nc(CCCCCCCC)c1CCCCCCCC. The lowest BCUT2D eigenvalue weighted by Crippen LogP contribution is -2.11. The molecular formula is C32H60N2. The second-order valence-corrected chi connectivity index (χ2v) is 10.7. The van der Waals surface area contributed by atoms with Gasteiger partial charge in [0.15, 0.2) is 0 Å². The van der Waals surface area contributed by atoms with E-state index in [1.54, 1.807) is 5.56 Å². The van der Waals surface area contributed by atoms with Crippen LogP contribution in [0.4, 0.5) is 0 Å². The molecule has 0 aliphatic rings. The highest BCUT2D eigenvalue weighted by atomic mass is 14.9. The maximum absolute atomic E-state index is 5.19. The Morgan fingerprint density at radius 2 is 0.706 bits per heavy atom. The van der Waals surface area contributed by atoms with Gasteiger partial charge in [-0.3, -0.25) is 0 Å². The van der Waals surface area contributed by atoms with Crippen molar-refractivity contribution in [2.75, 3.05) is 0 Å². The molecule has 0 radical (unpaired) electrons. The molecule has 2 nitrogen and oxygen atoms in total. The van der Waals surface area contributed by atoms with E-state index in [1.807, 2.05) is 0 Å². The molecule has 0 saturated heterocycles. The molecule has 0 N–H and O–H groups in total. The van der Waals surface area contributed by atoms with Gasteiger partial charge in [-0.25, -0.2) is 9.97 Å². The number of hydrogen-bond donors (Lipinski definition) is 0. The molecule has 0 unspecified atom stereocenters. The molecule has 0 aliphatic carbocycles. The van der Waals surface area contributed by atoms with E-state index in [9.17, 15) is 0 Å². The molecule has 0 fully saturated rings. The van der Waals surface area contributed by atoms with E-state index >= 15 is 0 Å². The highest BCUT2D eigenvalue weighted by Gasteiger charge is 2.14. The second kappa shape index (κ2) is 22.5. The second-order valence-electron chi connectivity index (χ2n) is 10.7. The molecule has 0 bridgehead atoms. The van der Waals surface area contributed by atoms with Gasteiger partial charge < -0.3 is 0 Å². The minimum Gasteiger partial charge on any atom is -0.238 e.